The Hall–Kier alpha value is -0.0487. The van der Waals surface area contributed by atoms with E-state index in [0.717, 1.165) is 0 Å². The van der Waals surface area contributed by atoms with Crippen LogP contribution in [0.25, 0.3) is 10.8 Å². The van der Waals surface area contributed by atoms with Crippen LogP contribution in [0.1, 0.15) is 6.92 Å². The molecule has 2 nitrogen and oxygen atoms in total. The summed E-state index contributed by atoms with van der Waals surface area (Å²) in [6.45, 7) is -3.20. The number of hydrogen-bond donors (Lipinski definition) is 0. The molecule has 2 rings (SSSR count). The predicted molar refractivity (Wildman–Crippen MR) is 69.8 cm³/mol. The fourth-order valence-corrected chi connectivity index (χ4v) is 1.93. The number of fused-ring (bicyclic) bond motifs is 1. The molecule has 0 aliphatic rings. The number of benzene rings is 2. The van der Waals surface area contributed by atoms with Crippen molar-refractivity contribution in [3.63, 3.8) is 0 Å². The molecule has 0 bridgehead atoms. The van der Waals surface area contributed by atoms with Crippen LogP contribution in [0, 0.1) is 0 Å². The Bertz CT molecular complexity index is 575. The summed E-state index contributed by atoms with van der Waals surface area (Å²) in [5, 5.41) is 0.699. The van der Waals surface area contributed by atoms with E-state index in [1.165, 1.54) is 12.1 Å². The van der Waals surface area contributed by atoms with Crippen LogP contribution in [0.3, 0.4) is 0 Å². The Morgan fingerprint density at radius 3 is 2.40 bits per heavy atom. The molecule has 0 heterocycles. The molecule has 0 saturated carbocycles. The van der Waals surface area contributed by atoms with Gasteiger partial charge in [0.25, 0.3) is 0 Å². The maximum atomic E-state index is 13.2. The molecule has 0 N–H and O–H groups in total. The molecule has 0 aliphatic carbocycles. The standard InChI is InChI=1S/C13H13BF3O2.K/c1-2-18-9-19-12-8-7-10-5-3-4-6-11(10)13(12)14(15,16)17;/h3-8H,2,9H2,1H3;/q-1;+1. The van der Waals surface area contributed by atoms with E-state index >= 15 is 0 Å². The van der Waals surface area contributed by atoms with Gasteiger partial charge in [0.1, 0.15) is 0 Å². The largest absolute Gasteiger partial charge is 1.00 e. The molecule has 102 valence electrons. The Morgan fingerprint density at radius 2 is 1.75 bits per heavy atom. The summed E-state index contributed by atoms with van der Waals surface area (Å²) in [6, 6.07) is 9.34. The summed E-state index contributed by atoms with van der Waals surface area (Å²) in [5.41, 5.74) is -0.696. The van der Waals surface area contributed by atoms with Crippen molar-refractivity contribution < 1.29 is 73.8 Å². The maximum absolute atomic E-state index is 13.2. The molecular formula is C13H13BF3KO2. The third-order valence-electron chi connectivity index (χ3n) is 2.76. The minimum Gasteiger partial charge on any atom is -0.471 e. The predicted octanol–water partition coefficient (Wildman–Crippen LogP) is 0.271. The Morgan fingerprint density at radius 1 is 1.05 bits per heavy atom. The molecule has 0 fully saturated rings. The first-order valence-corrected chi connectivity index (χ1v) is 5.96. The van der Waals surface area contributed by atoms with Crippen LogP contribution >= 0.6 is 0 Å². The Kier molecular flexibility index (Phi) is 7.04. The minimum absolute atomic E-state index is 0. The van der Waals surface area contributed by atoms with E-state index in [4.69, 9.17) is 9.47 Å². The third kappa shape index (κ3) is 4.22. The summed E-state index contributed by atoms with van der Waals surface area (Å²) >= 11 is 0. The van der Waals surface area contributed by atoms with Crippen molar-refractivity contribution in [2.45, 2.75) is 6.92 Å². The van der Waals surface area contributed by atoms with Crippen molar-refractivity contribution in [1.82, 2.24) is 0 Å². The first kappa shape index (κ1) is 18.0. The van der Waals surface area contributed by atoms with E-state index in [1.54, 1.807) is 31.2 Å². The van der Waals surface area contributed by atoms with Crippen LogP contribution in [0.2, 0.25) is 0 Å². The van der Waals surface area contributed by atoms with Crippen LogP contribution in [0.4, 0.5) is 12.9 Å². The first-order valence-electron chi connectivity index (χ1n) is 5.96. The summed E-state index contributed by atoms with van der Waals surface area (Å²) in [7, 11) is 0. The zero-order chi connectivity index (χ0) is 13.9. The van der Waals surface area contributed by atoms with E-state index in [1.807, 2.05) is 0 Å². The molecule has 0 aromatic heterocycles. The van der Waals surface area contributed by atoms with Crippen molar-refractivity contribution in [3.8, 4) is 5.75 Å². The molecule has 0 aliphatic heterocycles. The first-order chi connectivity index (χ1) is 9.04. The number of ether oxygens (including phenoxy) is 2. The van der Waals surface area contributed by atoms with Gasteiger partial charge in [0.05, 0.1) is 5.75 Å². The van der Waals surface area contributed by atoms with Crippen molar-refractivity contribution >= 4 is 23.2 Å². The zero-order valence-electron chi connectivity index (χ0n) is 11.4. The van der Waals surface area contributed by atoms with Crippen molar-refractivity contribution in [1.29, 1.82) is 0 Å². The van der Waals surface area contributed by atoms with Crippen LogP contribution in [-0.4, -0.2) is 20.4 Å². The van der Waals surface area contributed by atoms with E-state index in [9.17, 15) is 12.9 Å². The fraction of sp³-hybridized carbons (Fsp3) is 0.231. The second kappa shape index (κ2) is 7.82. The van der Waals surface area contributed by atoms with Gasteiger partial charge in [0, 0.05) is 6.61 Å². The number of hydrogen-bond acceptors (Lipinski definition) is 2. The summed E-state index contributed by atoms with van der Waals surface area (Å²) in [5.74, 6) is -0.181. The summed E-state index contributed by atoms with van der Waals surface area (Å²) in [6.07, 6.45) is 0. The second-order valence-electron chi connectivity index (χ2n) is 4.03. The molecule has 0 atom stereocenters. The van der Waals surface area contributed by atoms with Crippen LogP contribution in [0.5, 0.6) is 5.75 Å². The van der Waals surface area contributed by atoms with Crippen LogP contribution in [0.15, 0.2) is 36.4 Å². The van der Waals surface area contributed by atoms with Gasteiger partial charge in [0.2, 0.25) is 0 Å². The van der Waals surface area contributed by atoms with Gasteiger partial charge in [0.15, 0.2) is 6.79 Å². The Balaban J connectivity index is 0.00000200. The van der Waals surface area contributed by atoms with E-state index in [0.29, 0.717) is 12.0 Å². The van der Waals surface area contributed by atoms with Crippen LogP contribution in [-0.2, 0) is 4.74 Å². The zero-order valence-corrected chi connectivity index (χ0v) is 14.5. The average Bonchev–Trinajstić information content (AvgIpc) is 2.37. The van der Waals surface area contributed by atoms with Gasteiger partial charge in [-0.1, -0.05) is 35.8 Å². The van der Waals surface area contributed by atoms with Crippen molar-refractivity contribution in [3.05, 3.63) is 36.4 Å². The molecular weight excluding hydrogens is 295 g/mol. The third-order valence-corrected chi connectivity index (χ3v) is 2.76. The van der Waals surface area contributed by atoms with Gasteiger partial charge in [-0.25, -0.2) is 0 Å². The average molecular weight is 308 g/mol. The molecule has 0 spiro atoms. The Labute approximate surface area is 158 Å². The molecule has 20 heavy (non-hydrogen) atoms. The molecule has 0 radical (unpaired) electrons. The van der Waals surface area contributed by atoms with Gasteiger partial charge in [-0.05, 0) is 23.8 Å². The smallest absolute Gasteiger partial charge is 0.471 e. The minimum atomic E-state index is -5.15. The molecule has 7 heteroatoms. The fourth-order valence-electron chi connectivity index (χ4n) is 1.93. The van der Waals surface area contributed by atoms with Crippen molar-refractivity contribution in [2.24, 2.45) is 0 Å². The van der Waals surface area contributed by atoms with E-state index in [2.05, 4.69) is 0 Å². The molecule has 0 saturated heterocycles. The summed E-state index contributed by atoms with van der Waals surface area (Å²) < 4.78 is 49.7. The van der Waals surface area contributed by atoms with Crippen LogP contribution < -0.4 is 61.6 Å². The SMILES string of the molecule is CCOCOc1ccc2ccccc2c1[B-](F)(F)F.[K+]. The second-order valence-corrected chi connectivity index (χ2v) is 4.03. The normalized spacial score (nSPS) is 11.2. The van der Waals surface area contributed by atoms with Gasteiger partial charge in [-0.15, -0.1) is 0 Å². The van der Waals surface area contributed by atoms with Gasteiger partial charge < -0.3 is 22.4 Å². The molecule has 2 aromatic rings. The van der Waals surface area contributed by atoms with Gasteiger partial charge >= 0.3 is 58.4 Å². The topological polar surface area (TPSA) is 18.5 Å². The summed E-state index contributed by atoms with van der Waals surface area (Å²) in [4.78, 5) is 0. The van der Waals surface area contributed by atoms with E-state index < -0.39 is 12.4 Å². The van der Waals surface area contributed by atoms with Gasteiger partial charge in [-0.2, -0.15) is 0 Å². The molecule has 2 aromatic carbocycles. The van der Waals surface area contributed by atoms with Gasteiger partial charge in [-0.3, -0.25) is 0 Å². The quantitative estimate of drug-likeness (QED) is 0.448. The molecule has 0 unspecified atom stereocenters. The van der Waals surface area contributed by atoms with E-state index in [-0.39, 0.29) is 69.3 Å². The maximum Gasteiger partial charge on any atom is 1.00 e. The number of halogens is 3. The monoisotopic (exact) mass is 308 g/mol. The van der Waals surface area contributed by atoms with Crippen molar-refractivity contribution in [2.75, 3.05) is 13.4 Å². The number of rotatable bonds is 5. The molecule has 0 amide bonds.